The highest BCUT2D eigenvalue weighted by Crippen LogP contribution is 2.57. The molecule has 0 aromatic rings. The number of nitrogens with zero attached hydrogens (tertiary/aromatic N) is 1. The molecule has 0 atom stereocenters. The normalized spacial score (nSPS) is 22.4. The van der Waals surface area contributed by atoms with Gasteiger partial charge in [0.25, 0.3) is 0 Å². The summed E-state index contributed by atoms with van der Waals surface area (Å²) in [6.45, 7) is 5.11. The highest BCUT2D eigenvalue weighted by molar-refractivity contribution is 7.98. The third kappa shape index (κ3) is 3.56. The van der Waals surface area contributed by atoms with Crippen LogP contribution in [0.3, 0.4) is 0 Å². The second-order valence-electron chi connectivity index (χ2n) is 5.60. The van der Waals surface area contributed by atoms with Gasteiger partial charge in [-0.3, -0.25) is 4.99 Å². The maximum atomic E-state index is 4.83. The minimum atomic E-state index is 0.585. The lowest BCUT2D eigenvalue weighted by Gasteiger charge is -2.41. The number of hydrogen-bond acceptors (Lipinski definition) is 2. The van der Waals surface area contributed by atoms with Crippen LogP contribution in [0.15, 0.2) is 4.99 Å². The molecule has 18 heavy (non-hydrogen) atoms. The first-order valence-electron chi connectivity index (χ1n) is 7.32. The molecule has 0 aromatic heterocycles. The van der Waals surface area contributed by atoms with Gasteiger partial charge in [-0.2, -0.15) is 11.8 Å². The molecule has 0 unspecified atom stereocenters. The van der Waals surface area contributed by atoms with Gasteiger partial charge in [0.1, 0.15) is 0 Å². The molecule has 0 amide bonds. The van der Waals surface area contributed by atoms with Crippen LogP contribution < -0.4 is 10.6 Å². The van der Waals surface area contributed by atoms with Gasteiger partial charge < -0.3 is 10.6 Å². The second kappa shape index (κ2) is 6.69. The third-order valence-electron chi connectivity index (χ3n) is 4.29. The Bertz CT molecular complexity index is 283. The van der Waals surface area contributed by atoms with Crippen LogP contribution in [0.1, 0.15) is 39.0 Å². The van der Waals surface area contributed by atoms with Crippen LogP contribution in [-0.2, 0) is 0 Å². The van der Waals surface area contributed by atoms with Gasteiger partial charge in [0.15, 0.2) is 5.96 Å². The molecule has 2 saturated carbocycles. The molecule has 2 aliphatic rings. The Morgan fingerprint density at radius 1 is 1.33 bits per heavy atom. The van der Waals surface area contributed by atoms with E-state index >= 15 is 0 Å². The van der Waals surface area contributed by atoms with E-state index in [2.05, 4.69) is 23.8 Å². The Morgan fingerprint density at radius 2 is 2.11 bits per heavy atom. The quantitative estimate of drug-likeness (QED) is 0.423. The van der Waals surface area contributed by atoms with Crippen molar-refractivity contribution in [2.75, 3.05) is 31.6 Å². The Balaban J connectivity index is 1.82. The monoisotopic (exact) mass is 269 g/mol. The van der Waals surface area contributed by atoms with E-state index in [0.29, 0.717) is 5.41 Å². The van der Waals surface area contributed by atoms with Crippen molar-refractivity contribution in [3.8, 4) is 0 Å². The molecule has 0 bridgehead atoms. The Kier molecular flexibility index (Phi) is 5.22. The summed E-state index contributed by atoms with van der Waals surface area (Å²) in [7, 11) is 0. The second-order valence-corrected chi connectivity index (χ2v) is 6.59. The van der Waals surface area contributed by atoms with Gasteiger partial charge in [-0.15, -0.1) is 0 Å². The maximum absolute atomic E-state index is 4.83. The minimum Gasteiger partial charge on any atom is -0.357 e. The summed E-state index contributed by atoms with van der Waals surface area (Å²) in [5, 5.41) is 6.77. The van der Waals surface area contributed by atoms with E-state index in [1.807, 2.05) is 11.8 Å². The summed E-state index contributed by atoms with van der Waals surface area (Å²) in [5.41, 5.74) is 0.585. The number of nitrogens with one attached hydrogen (secondary N) is 2. The van der Waals surface area contributed by atoms with E-state index in [9.17, 15) is 0 Å². The third-order valence-corrected chi connectivity index (χ3v) is 4.90. The van der Waals surface area contributed by atoms with Gasteiger partial charge in [0.05, 0.1) is 0 Å². The van der Waals surface area contributed by atoms with E-state index in [0.717, 1.165) is 37.3 Å². The highest BCUT2D eigenvalue weighted by atomic mass is 32.2. The summed E-state index contributed by atoms with van der Waals surface area (Å²) < 4.78 is 0. The van der Waals surface area contributed by atoms with Crippen LogP contribution in [0.25, 0.3) is 0 Å². The Hall–Kier alpha value is -0.380. The number of hydrogen-bond donors (Lipinski definition) is 2. The molecule has 104 valence electrons. The maximum Gasteiger partial charge on any atom is 0.191 e. The van der Waals surface area contributed by atoms with Crippen molar-refractivity contribution in [2.24, 2.45) is 16.3 Å². The molecule has 2 N–H and O–H groups in total. The van der Waals surface area contributed by atoms with Crippen LogP contribution >= 0.6 is 11.8 Å². The molecule has 2 fully saturated rings. The number of guanidine groups is 1. The fourth-order valence-corrected chi connectivity index (χ4v) is 3.18. The highest BCUT2D eigenvalue weighted by Gasteiger charge is 2.48. The zero-order valence-electron chi connectivity index (χ0n) is 11.8. The van der Waals surface area contributed by atoms with Crippen LogP contribution in [0.4, 0.5) is 0 Å². The minimum absolute atomic E-state index is 0.585. The smallest absolute Gasteiger partial charge is 0.191 e. The average molecular weight is 269 g/mol. The van der Waals surface area contributed by atoms with Crippen molar-refractivity contribution >= 4 is 17.7 Å². The van der Waals surface area contributed by atoms with Crippen molar-refractivity contribution in [1.29, 1.82) is 0 Å². The van der Waals surface area contributed by atoms with Gasteiger partial charge in [-0.05, 0) is 50.2 Å². The van der Waals surface area contributed by atoms with E-state index in [4.69, 9.17) is 4.99 Å². The molecular weight excluding hydrogens is 242 g/mol. The first kappa shape index (κ1) is 14.0. The molecular formula is C14H27N3S. The van der Waals surface area contributed by atoms with Gasteiger partial charge >= 0.3 is 0 Å². The van der Waals surface area contributed by atoms with E-state index in [1.54, 1.807) is 0 Å². The average Bonchev–Trinajstić information content (AvgIpc) is 3.12. The number of thioether (sulfide) groups is 1. The Labute approximate surface area is 116 Å². The van der Waals surface area contributed by atoms with Crippen LogP contribution in [-0.4, -0.2) is 37.6 Å². The SMILES string of the molecule is CCNC(=NCC1(C2CC2)CCC1)NCCSC. The lowest BCUT2D eigenvalue weighted by atomic mass is 9.65. The molecule has 0 radical (unpaired) electrons. The van der Waals surface area contributed by atoms with E-state index < -0.39 is 0 Å². The summed E-state index contributed by atoms with van der Waals surface area (Å²) in [5.74, 6) is 3.14. The van der Waals surface area contributed by atoms with Crippen molar-refractivity contribution in [1.82, 2.24) is 10.6 Å². The summed E-state index contributed by atoms with van der Waals surface area (Å²) in [6, 6.07) is 0. The molecule has 0 aromatic carbocycles. The van der Waals surface area contributed by atoms with Crippen molar-refractivity contribution in [3.05, 3.63) is 0 Å². The first-order valence-corrected chi connectivity index (χ1v) is 8.71. The van der Waals surface area contributed by atoms with Gasteiger partial charge in [-0.1, -0.05) is 6.42 Å². The first-order chi connectivity index (χ1) is 8.80. The lowest BCUT2D eigenvalue weighted by molar-refractivity contribution is 0.113. The summed E-state index contributed by atoms with van der Waals surface area (Å²) in [4.78, 5) is 4.83. The zero-order chi connectivity index (χ0) is 12.8. The van der Waals surface area contributed by atoms with Crippen LogP contribution in [0.5, 0.6) is 0 Å². The fraction of sp³-hybridized carbons (Fsp3) is 0.929. The van der Waals surface area contributed by atoms with E-state index in [1.165, 1.54) is 32.1 Å². The number of rotatable bonds is 7. The van der Waals surface area contributed by atoms with Gasteiger partial charge in [0, 0.05) is 25.4 Å². The molecule has 0 spiro atoms. The zero-order valence-corrected chi connectivity index (χ0v) is 12.6. The van der Waals surface area contributed by atoms with Crippen molar-refractivity contribution in [3.63, 3.8) is 0 Å². The fourth-order valence-electron chi connectivity index (χ4n) is 2.87. The van der Waals surface area contributed by atoms with Crippen molar-refractivity contribution < 1.29 is 0 Å². The predicted octanol–water partition coefficient (Wildman–Crippen LogP) is 2.48. The van der Waals surface area contributed by atoms with Gasteiger partial charge in [-0.25, -0.2) is 0 Å². The molecule has 2 rings (SSSR count). The Morgan fingerprint density at radius 3 is 2.61 bits per heavy atom. The molecule has 0 saturated heterocycles. The van der Waals surface area contributed by atoms with Crippen LogP contribution in [0, 0.1) is 11.3 Å². The molecule has 4 heteroatoms. The molecule has 0 heterocycles. The van der Waals surface area contributed by atoms with Gasteiger partial charge in [0.2, 0.25) is 0 Å². The van der Waals surface area contributed by atoms with Crippen molar-refractivity contribution in [2.45, 2.75) is 39.0 Å². The molecule has 2 aliphatic carbocycles. The topological polar surface area (TPSA) is 36.4 Å². The standard InChI is InChI=1S/C14H27N3S/c1-3-15-13(16-9-10-18-2)17-11-14(7-4-8-14)12-5-6-12/h12H,3-11H2,1-2H3,(H2,15,16,17). The largest absolute Gasteiger partial charge is 0.357 e. The summed E-state index contributed by atoms with van der Waals surface area (Å²) >= 11 is 1.87. The lowest BCUT2D eigenvalue weighted by Crippen LogP contribution is -2.41. The summed E-state index contributed by atoms with van der Waals surface area (Å²) in [6.07, 6.45) is 9.28. The number of aliphatic imine (C=N–C) groups is 1. The molecule has 3 nitrogen and oxygen atoms in total. The predicted molar refractivity (Wildman–Crippen MR) is 81.4 cm³/mol. The van der Waals surface area contributed by atoms with E-state index in [-0.39, 0.29) is 0 Å². The van der Waals surface area contributed by atoms with Crippen LogP contribution in [0.2, 0.25) is 0 Å². The molecule has 0 aliphatic heterocycles.